The fraction of sp³-hybridized carbons (Fsp3) is 0.318. The number of methoxy groups -OCH3 is 2. The van der Waals surface area contributed by atoms with Crippen LogP contribution < -0.4 is 19.5 Å². The molecule has 1 aromatic carbocycles. The molecule has 0 aliphatic heterocycles. The largest absolute Gasteiger partial charge is 0.497 e. The summed E-state index contributed by atoms with van der Waals surface area (Å²) in [4.78, 5) is 33.4. The van der Waals surface area contributed by atoms with E-state index in [0.717, 1.165) is 0 Å². The Bertz CT molecular complexity index is 1090. The minimum absolute atomic E-state index is 0.0505. The quantitative estimate of drug-likeness (QED) is 0.525. The van der Waals surface area contributed by atoms with E-state index in [1.54, 1.807) is 52.1 Å². The third kappa shape index (κ3) is 5.02. The summed E-state index contributed by atoms with van der Waals surface area (Å²) in [5.74, 6) is -0.0556. The summed E-state index contributed by atoms with van der Waals surface area (Å²) in [7, 11) is 2.99. The number of esters is 1. The molecule has 2 heterocycles. The van der Waals surface area contributed by atoms with Gasteiger partial charge in [0.2, 0.25) is 5.75 Å². The van der Waals surface area contributed by atoms with Crippen molar-refractivity contribution in [3.05, 3.63) is 48.0 Å². The molecule has 1 amide bonds. The van der Waals surface area contributed by atoms with E-state index in [4.69, 9.17) is 18.7 Å². The Hall–Kier alpha value is -3.95. The average Bonchev–Trinajstić information content (AvgIpc) is 3.29. The molecule has 1 atom stereocenters. The molecule has 0 saturated carbocycles. The van der Waals surface area contributed by atoms with Crippen LogP contribution in [0.2, 0.25) is 0 Å². The van der Waals surface area contributed by atoms with Crippen molar-refractivity contribution in [2.45, 2.75) is 26.8 Å². The topological polar surface area (TPSA) is 126 Å². The van der Waals surface area contributed by atoms with Gasteiger partial charge in [0, 0.05) is 17.8 Å². The zero-order valence-corrected chi connectivity index (χ0v) is 18.4. The molecule has 32 heavy (non-hydrogen) atoms. The second-order valence-corrected chi connectivity index (χ2v) is 7.15. The molecular weight excluding hydrogens is 416 g/mol. The molecule has 0 fully saturated rings. The molecule has 2 aromatic heterocycles. The number of nitrogens with one attached hydrogen (secondary N) is 1. The number of carbonyl (C=O) groups excluding carboxylic acids is 2. The van der Waals surface area contributed by atoms with Gasteiger partial charge in [0.25, 0.3) is 11.8 Å². The highest BCUT2D eigenvalue weighted by atomic mass is 16.6. The Morgan fingerprint density at radius 3 is 2.38 bits per heavy atom. The van der Waals surface area contributed by atoms with Crippen molar-refractivity contribution >= 4 is 11.9 Å². The van der Waals surface area contributed by atoms with Gasteiger partial charge in [-0.1, -0.05) is 19.0 Å². The summed E-state index contributed by atoms with van der Waals surface area (Å²) < 4.78 is 21.1. The molecule has 0 aliphatic carbocycles. The van der Waals surface area contributed by atoms with Crippen LogP contribution in [0.15, 0.2) is 41.1 Å². The lowest BCUT2D eigenvalue weighted by Gasteiger charge is -2.15. The fourth-order valence-electron chi connectivity index (χ4n) is 2.66. The van der Waals surface area contributed by atoms with Crippen molar-refractivity contribution in [2.24, 2.45) is 5.92 Å². The minimum Gasteiger partial charge on any atom is -0.497 e. The molecule has 0 radical (unpaired) electrons. The van der Waals surface area contributed by atoms with Crippen molar-refractivity contribution in [3.63, 3.8) is 0 Å². The molecule has 0 aliphatic rings. The lowest BCUT2D eigenvalue weighted by molar-refractivity contribution is -0.137. The van der Waals surface area contributed by atoms with Gasteiger partial charge in [-0.2, -0.15) is 4.98 Å². The number of carbonyl (C=O) groups is 2. The molecule has 168 valence electrons. The minimum atomic E-state index is -0.611. The van der Waals surface area contributed by atoms with Gasteiger partial charge in [-0.15, -0.1) is 0 Å². The van der Waals surface area contributed by atoms with E-state index in [1.165, 1.54) is 19.4 Å². The van der Waals surface area contributed by atoms with Gasteiger partial charge >= 0.3 is 5.97 Å². The highest BCUT2D eigenvalue weighted by molar-refractivity contribution is 5.96. The zero-order chi connectivity index (χ0) is 23.3. The molecule has 0 bridgehead atoms. The van der Waals surface area contributed by atoms with E-state index in [-0.39, 0.29) is 23.0 Å². The molecule has 10 heteroatoms. The number of rotatable bonds is 8. The molecule has 0 unspecified atom stereocenters. The fourth-order valence-corrected chi connectivity index (χ4v) is 2.66. The Labute approximate surface area is 184 Å². The summed E-state index contributed by atoms with van der Waals surface area (Å²) in [6, 6.07) is 8.02. The third-order valence-corrected chi connectivity index (χ3v) is 4.49. The van der Waals surface area contributed by atoms with E-state index in [0.29, 0.717) is 17.2 Å². The molecule has 1 N–H and O–H groups in total. The van der Waals surface area contributed by atoms with Crippen LogP contribution in [0.5, 0.6) is 17.2 Å². The van der Waals surface area contributed by atoms with Crippen molar-refractivity contribution in [2.75, 3.05) is 14.2 Å². The maximum atomic E-state index is 12.9. The van der Waals surface area contributed by atoms with E-state index >= 15 is 0 Å². The van der Waals surface area contributed by atoms with Gasteiger partial charge in [-0.3, -0.25) is 9.59 Å². The first kappa shape index (κ1) is 22.7. The zero-order valence-electron chi connectivity index (χ0n) is 18.4. The van der Waals surface area contributed by atoms with Crippen LogP contribution in [0.1, 0.15) is 43.1 Å². The van der Waals surface area contributed by atoms with Crippen molar-refractivity contribution in [3.8, 4) is 28.7 Å². The molecule has 0 saturated heterocycles. The Balaban J connectivity index is 1.78. The van der Waals surface area contributed by atoms with Crippen LogP contribution in [0.3, 0.4) is 0 Å². The van der Waals surface area contributed by atoms with Crippen LogP contribution in [0, 0.1) is 5.92 Å². The number of benzene rings is 1. The lowest BCUT2D eigenvalue weighted by Crippen LogP contribution is -2.29. The van der Waals surface area contributed by atoms with Crippen molar-refractivity contribution < 1.29 is 28.3 Å². The predicted octanol–water partition coefficient (Wildman–Crippen LogP) is 3.20. The second kappa shape index (κ2) is 9.90. The summed E-state index contributed by atoms with van der Waals surface area (Å²) in [6.45, 7) is 5.06. The van der Waals surface area contributed by atoms with E-state index in [2.05, 4.69) is 20.4 Å². The molecule has 10 nitrogen and oxygen atoms in total. The van der Waals surface area contributed by atoms with Gasteiger partial charge in [0.15, 0.2) is 17.3 Å². The Morgan fingerprint density at radius 1 is 1.03 bits per heavy atom. The maximum absolute atomic E-state index is 12.9. The van der Waals surface area contributed by atoms with Crippen LogP contribution in [0.4, 0.5) is 0 Å². The van der Waals surface area contributed by atoms with E-state index < -0.39 is 23.8 Å². The highest BCUT2D eigenvalue weighted by Gasteiger charge is 2.25. The number of nitrogens with zero attached hydrogens (tertiary/aromatic N) is 3. The molecular formula is C22H24N4O6. The smallest absolute Gasteiger partial charge is 0.313 e. The Kier molecular flexibility index (Phi) is 7.04. The number of pyridine rings is 1. The monoisotopic (exact) mass is 440 g/mol. The normalized spacial score (nSPS) is 11.7. The third-order valence-electron chi connectivity index (χ3n) is 4.49. The lowest BCUT2D eigenvalue weighted by atomic mass is 10.2. The van der Waals surface area contributed by atoms with E-state index in [9.17, 15) is 9.59 Å². The van der Waals surface area contributed by atoms with Gasteiger partial charge in [-0.25, -0.2) is 4.98 Å². The first-order chi connectivity index (χ1) is 15.3. The molecule has 0 spiro atoms. The first-order valence-electron chi connectivity index (χ1n) is 9.87. The Morgan fingerprint density at radius 2 is 1.75 bits per heavy atom. The summed E-state index contributed by atoms with van der Waals surface area (Å²) in [5.41, 5.74) is 0.615. The van der Waals surface area contributed by atoms with Gasteiger partial charge in [0.1, 0.15) is 5.75 Å². The predicted molar refractivity (Wildman–Crippen MR) is 113 cm³/mol. The number of amides is 1. The van der Waals surface area contributed by atoms with Crippen LogP contribution in [-0.2, 0) is 4.79 Å². The van der Waals surface area contributed by atoms with Crippen molar-refractivity contribution in [1.82, 2.24) is 20.4 Å². The van der Waals surface area contributed by atoms with Crippen LogP contribution in [-0.4, -0.2) is 41.2 Å². The molecule has 3 rings (SSSR count). The summed E-state index contributed by atoms with van der Waals surface area (Å²) >= 11 is 0. The van der Waals surface area contributed by atoms with Crippen LogP contribution in [0.25, 0.3) is 11.5 Å². The number of ether oxygens (including phenoxy) is 3. The van der Waals surface area contributed by atoms with Gasteiger partial charge in [0.05, 0.1) is 26.2 Å². The standard InChI is InChI=1S/C22H24N4O6/c1-12(2)22(28)31-18-16(30-5)10-11-23-17(18)20(27)24-13(3)19-25-21(32-26-19)14-6-8-15(29-4)9-7-14/h6-13H,1-5H3,(H,24,27)/t13-/m0/s1. The average molecular weight is 440 g/mol. The number of aromatic nitrogens is 3. The number of hydrogen-bond acceptors (Lipinski definition) is 9. The van der Waals surface area contributed by atoms with Gasteiger partial charge < -0.3 is 24.1 Å². The second-order valence-electron chi connectivity index (χ2n) is 7.15. The first-order valence-corrected chi connectivity index (χ1v) is 9.87. The summed E-state index contributed by atoms with van der Waals surface area (Å²) in [5, 5.41) is 6.68. The van der Waals surface area contributed by atoms with Crippen molar-refractivity contribution in [1.29, 1.82) is 0 Å². The highest BCUT2D eigenvalue weighted by Crippen LogP contribution is 2.31. The number of hydrogen-bond donors (Lipinski definition) is 1. The van der Waals surface area contributed by atoms with Crippen LogP contribution >= 0.6 is 0 Å². The molecule has 3 aromatic rings. The SMILES string of the molecule is COc1ccc(-c2nc([C@H](C)NC(=O)c3nccc(OC)c3OC(=O)C(C)C)no2)cc1. The summed E-state index contributed by atoms with van der Waals surface area (Å²) in [6.07, 6.45) is 1.39. The van der Waals surface area contributed by atoms with E-state index in [1.807, 2.05) is 0 Å². The maximum Gasteiger partial charge on any atom is 0.313 e. The van der Waals surface area contributed by atoms with Gasteiger partial charge in [-0.05, 0) is 31.2 Å².